The molecule has 3 rings (SSSR count). The van der Waals surface area contributed by atoms with Gasteiger partial charge in [-0.3, -0.25) is 14.6 Å². The van der Waals surface area contributed by atoms with Crippen LogP contribution in [0.5, 0.6) is 5.75 Å². The number of rotatable bonds is 4. The molecule has 2 amide bonds. The monoisotopic (exact) mass is 314 g/mol. The zero-order chi connectivity index (χ0) is 16.4. The van der Waals surface area contributed by atoms with Crippen LogP contribution in [0.3, 0.4) is 0 Å². The summed E-state index contributed by atoms with van der Waals surface area (Å²) in [6.45, 7) is 0.312. The second kappa shape index (κ2) is 6.12. The Bertz CT molecular complexity index is 713. The molecule has 1 saturated heterocycles. The maximum Gasteiger partial charge on any atom is 0.271 e. The molecule has 1 aliphatic rings. The molecule has 1 fully saturated rings. The standard InChI is InChI=1S/C16H18N4O3/c1-19-7-3-5-13(19)16(22)20-10-12(8-14(20)15(17)21)23-11-4-2-6-18-9-11/h2-7,9,12,14H,8,10H2,1H3,(H2,17,21)/t12-,14-/m0/s1. The summed E-state index contributed by atoms with van der Waals surface area (Å²) in [5.41, 5.74) is 5.98. The lowest BCUT2D eigenvalue weighted by atomic mass is 10.2. The molecule has 0 bridgehead atoms. The van der Waals surface area contributed by atoms with Gasteiger partial charge < -0.3 is 19.9 Å². The first kappa shape index (κ1) is 15.1. The van der Waals surface area contributed by atoms with Crippen molar-refractivity contribution in [3.8, 4) is 5.75 Å². The van der Waals surface area contributed by atoms with Crippen molar-refractivity contribution in [3.63, 3.8) is 0 Å². The fourth-order valence-corrected chi connectivity index (χ4v) is 2.82. The molecular formula is C16H18N4O3. The smallest absolute Gasteiger partial charge is 0.271 e. The second-order valence-electron chi connectivity index (χ2n) is 5.54. The van der Waals surface area contributed by atoms with E-state index in [1.165, 1.54) is 4.90 Å². The van der Waals surface area contributed by atoms with Crippen LogP contribution in [-0.4, -0.2) is 45.0 Å². The van der Waals surface area contributed by atoms with Crippen LogP contribution in [0.1, 0.15) is 16.9 Å². The van der Waals surface area contributed by atoms with Crippen molar-refractivity contribution in [2.75, 3.05) is 6.54 Å². The maximum absolute atomic E-state index is 12.7. The number of ether oxygens (including phenoxy) is 1. The molecule has 0 aromatic carbocycles. The van der Waals surface area contributed by atoms with Crippen LogP contribution in [0, 0.1) is 0 Å². The molecule has 7 nitrogen and oxygen atoms in total. The Labute approximate surface area is 133 Å². The average molecular weight is 314 g/mol. The highest BCUT2D eigenvalue weighted by Crippen LogP contribution is 2.24. The van der Waals surface area contributed by atoms with Gasteiger partial charge in [0.05, 0.1) is 12.7 Å². The molecule has 0 aliphatic carbocycles. The highest BCUT2D eigenvalue weighted by atomic mass is 16.5. The summed E-state index contributed by atoms with van der Waals surface area (Å²) in [6.07, 6.45) is 5.12. The van der Waals surface area contributed by atoms with Gasteiger partial charge in [0.2, 0.25) is 5.91 Å². The minimum atomic E-state index is -0.668. The Morgan fingerprint density at radius 3 is 2.78 bits per heavy atom. The number of primary amides is 1. The average Bonchev–Trinajstić information content (AvgIpc) is 3.14. The van der Waals surface area contributed by atoms with Crippen molar-refractivity contribution < 1.29 is 14.3 Å². The number of aryl methyl sites for hydroxylation is 1. The van der Waals surface area contributed by atoms with Gasteiger partial charge in [0, 0.05) is 25.9 Å². The third kappa shape index (κ3) is 3.03. The van der Waals surface area contributed by atoms with E-state index in [2.05, 4.69) is 4.98 Å². The molecule has 0 saturated carbocycles. The zero-order valence-corrected chi connectivity index (χ0v) is 12.8. The van der Waals surface area contributed by atoms with Gasteiger partial charge in [-0.25, -0.2) is 0 Å². The van der Waals surface area contributed by atoms with Gasteiger partial charge in [-0.1, -0.05) is 0 Å². The molecule has 0 spiro atoms. The van der Waals surface area contributed by atoms with Crippen LogP contribution in [-0.2, 0) is 11.8 Å². The Balaban J connectivity index is 1.78. The number of hydrogen-bond acceptors (Lipinski definition) is 4. The summed E-state index contributed by atoms with van der Waals surface area (Å²) in [4.78, 5) is 29.9. The van der Waals surface area contributed by atoms with Crippen molar-refractivity contribution in [2.45, 2.75) is 18.6 Å². The molecule has 2 aromatic heterocycles. The maximum atomic E-state index is 12.7. The van der Waals surface area contributed by atoms with E-state index in [1.807, 2.05) is 0 Å². The summed E-state index contributed by atoms with van der Waals surface area (Å²) in [6, 6.07) is 6.39. The number of nitrogens with zero attached hydrogens (tertiary/aromatic N) is 3. The number of aromatic nitrogens is 2. The van der Waals surface area contributed by atoms with Gasteiger partial charge in [0.1, 0.15) is 23.6 Å². The van der Waals surface area contributed by atoms with Crippen molar-refractivity contribution in [1.29, 1.82) is 0 Å². The largest absolute Gasteiger partial charge is 0.487 e. The van der Waals surface area contributed by atoms with Crippen molar-refractivity contribution >= 4 is 11.8 Å². The SMILES string of the molecule is Cn1cccc1C(=O)N1C[C@@H](Oc2cccnc2)C[C@H]1C(N)=O. The third-order valence-electron chi connectivity index (χ3n) is 3.95. The molecule has 2 N–H and O–H groups in total. The predicted octanol–water partition coefficient (Wildman–Crippen LogP) is 0.568. The van der Waals surface area contributed by atoms with Crippen LogP contribution in [0.2, 0.25) is 0 Å². The van der Waals surface area contributed by atoms with Gasteiger partial charge in [0.25, 0.3) is 5.91 Å². The number of carbonyl (C=O) groups excluding carboxylic acids is 2. The highest BCUT2D eigenvalue weighted by molar-refractivity contribution is 5.96. The summed E-state index contributed by atoms with van der Waals surface area (Å²) in [5.74, 6) is -0.141. The van der Waals surface area contributed by atoms with Crippen molar-refractivity contribution in [2.24, 2.45) is 12.8 Å². The second-order valence-corrected chi connectivity index (χ2v) is 5.54. The Morgan fingerprint density at radius 1 is 1.35 bits per heavy atom. The molecule has 0 radical (unpaired) electrons. The van der Waals surface area contributed by atoms with Crippen LogP contribution in [0.25, 0.3) is 0 Å². The molecule has 0 unspecified atom stereocenters. The molecule has 2 atom stereocenters. The number of hydrogen-bond donors (Lipinski definition) is 1. The molecule has 23 heavy (non-hydrogen) atoms. The minimum absolute atomic E-state index is 0.224. The summed E-state index contributed by atoms with van der Waals surface area (Å²) >= 11 is 0. The van der Waals surface area contributed by atoms with E-state index in [4.69, 9.17) is 10.5 Å². The fraction of sp³-hybridized carbons (Fsp3) is 0.312. The molecule has 2 aromatic rings. The van der Waals surface area contributed by atoms with Crippen LogP contribution < -0.4 is 10.5 Å². The third-order valence-corrected chi connectivity index (χ3v) is 3.95. The van der Waals surface area contributed by atoms with Crippen molar-refractivity contribution in [1.82, 2.24) is 14.5 Å². The lowest BCUT2D eigenvalue weighted by Crippen LogP contribution is -2.44. The number of nitrogens with two attached hydrogens (primary N) is 1. The molecule has 7 heteroatoms. The predicted molar refractivity (Wildman–Crippen MR) is 82.7 cm³/mol. The van der Waals surface area contributed by atoms with E-state index in [1.54, 1.807) is 54.5 Å². The Morgan fingerprint density at radius 2 is 2.17 bits per heavy atom. The topological polar surface area (TPSA) is 90.4 Å². The number of amides is 2. The van der Waals surface area contributed by atoms with E-state index >= 15 is 0 Å². The van der Waals surface area contributed by atoms with E-state index in [0.717, 1.165) is 0 Å². The van der Waals surface area contributed by atoms with E-state index in [0.29, 0.717) is 24.4 Å². The van der Waals surface area contributed by atoms with Gasteiger partial charge in [0.15, 0.2) is 0 Å². The van der Waals surface area contributed by atoms with E-state index < -0.39 is 11.9 Å². The van der Waals surface area contributed by atoms with E-state index in [9.17, 15) is 9.59 Å². The van der Waals surface area contributed by atoms with Crippen LogP contribution in [0.15, 0.2) is 42.9 Å². The Kier molecular flexibility index (Phi) is 4.01. The Hall–Kier alpha value is -2.83. The lowest BCUT2D eigenvalue weighted by molar-refractivity contribution is -0.121. The number of likely N-dealkylation sites (tertiary alicyclic amines) is 1. The van der Waals surface area contributed by atoms with Crippen LogP contribution in [0.4, 0.5) is 0 Å². The van der Waals surface area contributed by atoms with Gasteiger partial charge in [-0.2, -0.15) is 0 Å². The summed E-state index contributed by atoms with van der Waals surface area (Å²) in [5, 5.41) is 0. The number of pyridine rings is 1. The minimum Gasteiger partial charge on any atom is -0.487 e. The molecular weight excluding hydrogens is 296 g/mol. The first-order chi connectivity index (χ1) is 11.1. The van der Waals surface area contributed by atoms with Crippen LogP contribution >= 0.6 is 0 Å². The first-order valence-electron chi connectivity index (χ1n) is 7.34. The molecule has 1 aliphatic heterocycles. The van der Waals surface area contributed by atoms with Gasteiger partial charge in [-0.15, -0.1) is 0 Å². The lowest BCUT2D eigenvalue weighted by Gasteiger charge is -2.22. The van der Waals surface area contributed by atoms with E-state index in [-0.39, 0.29) is 12.0 Å². The molecule has 120 valence electrons. The molecule has 3 heterocycles. The normalized spacial score (nSPS) is 20.5. The first-order valence-corrected chi connectivity index (χ1v) is 7.34. The summed E-state index contributed by atoms with van der Waals surface area (Å²) < 4.78 is 7.53. The number of carbonyl (C=O) groups is 2. The summed E-state index contributed by atoms with van der Waals surface area (Å²) in [7, 11) is 1.78. The van der Waals surface area contributed by atoms with Gasteiger partial charge >= 0.3 is 0 Å². The van der Waals surface area contributed by atoms with Gasteiger partial charge in [-0.05, 0) is 24.3 Å². The zero-order valence-electron chi connectivity index (χ0n) is 12.8. The quantitative estimate of drug-likeness (QED) is 0.893. The fourth-order valence-electron chi connectivity index (χ4n) is 2.82. The van der Waals surface area contributed by atoms with Crippen molar-refractivity contribution in [3.05, 3.63) is 48.5 Å². The highest BCUT2D eigenvalue weighted by Gasteiger charge is 2.40.